The molecule has 6 heteroatoms. The first-order valence-electron chi connectivity index (χ1n) is 4.46. The molecule has 0 aliphatic rings. The highest BCUT2D eigenvalue weighted by molar-refractivity contribution is 5.84. The molecule has 0 saturated heterocycles. The van der Waals surface area contributed by atoms with Crippen LogP contribution < -0.4 is 5.32 Å². The first-order valence-corrected chi connectivity index (χ1v) is 4.46. The van der Waals surface area contributed by atoms with E-state index in [1.54, 1.807) is 0 Å². The summed E-state index contributed by atoms with van der Waals surface area (Å²) in [5.41, 5.74) is -0.0556. The van der Waals surface area contributed by atoms with Crippen molar-refractivity contribution in [1.29, 1.82) is 0 Å². The lowest BCUT2D eigenvalue weighted by atomic mass is 10.3. The van der Waals surface area contributed by atoms with Gasteiger partial charge in [0.05, 0.1) is 18.8 Å². The van der Waals surface area contributed by atoms with Gasteiger partial charge in [-0.1, -0.05) is 11.1 Å². The van der Waals surface area contributed by atoms with Crippen molar-refractivity contribution < 1.29 is 9.90 Å². The average molecular weight is 208 g/mol. The molecule has 15 heavy (non-hydrogen) atoms. The highest BCUT2D eigenvalue weighted by Gasteiger charge is 2.07. The largest absolute Gasteiger partial charge is 0.476 e. The summed E-state index contributed by atoms with van der Waals surface area (Å²) in [5, 5.41) is 18.8. The third-order valence-corrected chi connectivity index (χ3v) is 1.80. The van der Waals surface area contributed by atoms with Crippen molar-refractivity contribution in [3.63, 3.8) is 0 Å². The minimum absolute atomic E-state index is 0.00698. The number of carbonyl (C=O) groups is 1. The minimum Gasteiger partial charge on any atom is -0.476 e. The van der Waals surface area contributed by atoms with E-state index in [2.05, 4.69) is 21.5 Å². The first kappa shape index (κ1) is 11.2. The molecule has 1 aromatic heterocycles. The normalized spacial score (nSPS) is 12.0. The number of aromatic nitrogens is 3. The standard InChI is InChI=1S/C9H12N4O2/c1-3-7(2)10-4-5-13-6-8(9(14)15)11-12-13/h1,6-7,10H,4-5H2,2H3,(H,14,15). The third-order valence-electron chi connectivity index (χ3n) is 1.80. The van der Waals surface area contributed by atoms with E-state index in [1.807, 2.05) is 6.92 Å². The Bertz CT molecular complexity index is 380. The molecule has 1 unspecified atom stereocenters. The molecule has 0 aliphatic carbocycles. The molecule has 0 aromatic carbocycles. The second-order valence-corrected chi connectivity index (χ2v) is 3.01. The molecule has 1 aromatic rings. The molecular formula is C9H12N4O2. The van der Waals surface area contributed by atoms with Gasteiger partial charge in [-0.3, -0.25) is 4.68 Å². The number of hydrogen-bond donors (Lipinski definition) is 2. The molecule has 6 nitrogen and oxygen atoms in total. The van der Waals surface area contributed by atoms with Gasteiger partial charge in [0.1, 0.15) is 0 Å². The van der Waals surface area contributed by atoms with E-state index < -0.39 is 5.97 Å². The van der Waals surface area contributed by atoms with Gasteiger partial charge >= 0.3 is 5.97 Å². The molecule has 1 atom stereocenters. The van der Waals surface area contributed by atoms with Crippen LogP contribution in [0.25, 0.3) is 0 Å². The van der Waals surface area contributed by atoms with Crippen molar-refractivity contribution >= 4 is 5.97 Å². The van der Waals surface area contributed by atoms with Crippen LogP contribution in [0.3, 0.4) is 0 Å². The zero-order valence-electron chi connectivity index (χ0n) is 8.34. The van der Waals surface area contributed by atoms with Crippen LogP contribution in [0.5, 0.6) is 0 Å². The van der Waals surface area contributed by atoms with E-state index in [0.29, 0.717) is 13.1 Å². The molecular weight excluding hydrogens is 196 g/mol. The number of hydrogen-bond acceptors (Lipinski definition) is 4. The molecule has 0 fully saturated rings. The second kappa shape index (κ2) is 5.12. The summed E-state index contributed by atoms with van der Waals surface area (Å²) in [5.74, 6) is 1.45. The lowest BCUT2D eigenvalue weighted by Crippen LogP contribution is -2.28. The predicted molar refractivity (Wildman–Crippen MR) is 53.3 cm³/mol. The van der Waals surface area contributed by atoms with Crippen LogP contribution in [-0.4, -0.2) is 38.7 Å². The zero-order chi connectivity index (χ0) is 11.3. The van der Waals surface area contributed by atoms with Crippen LogP contribution in [0.15, 0.2) is 6.20 Å². The zero-order valence-corrected chi connectivity index (χ0v) is 8.34. The topological polar surface area (TPSA) is 80.0 Å². The Kier molecular flexibility index (Phi) is 3.83. The van der Waals surface area contributed by atoms with E-state index in [4.69, 9.17) is 11.5 Å². The van der Waals surface area contributed by atoms with Gasteiger partial charge in [-0.2, -0.15) is 0 Å². The van der Waals surface area contributed by atoms with Gasteiger partial charge in [-0.15, -0.1) is 11.5 Å². The third kappa shape index (κ3) is 3.40. The molecule has 0 amide bonds. The van der Waals surface area contributed by atoms with Gasteiger partial charge in [0.15, 0.2) is 5.69 Å². The fraction of sp³-hybridized carbons (Fsp3) is 0.444. The van der Waals surface area contributed by atoms with Crippen molar-refractivity contribution in [2.75, 3.05) is 6.54 Å². The predicted octanol–water partition coefficient (Wildman–Crippen LogP) is -0.412. The monoisotopic (exact) mass is 208 g/mol. The van der Waals surface area contributed by atoms with Gasteiger partial charge in [0.25, 0.3) is 0 Å². The van der Waals surface area contributed by atoms with Crippen LogP contribution >= 0.6 is 0 Å². The second-order valence-electron chi connectivity index (χ2n) is 3.01. The molecule has 1 heterocycles. The molecule has 2 N–H and O–H groups in total. The maximum absolute atomic E-state index is 10.5. The number of terminal acetylenes is 1. The number of carboxylic acids is 1. The Labute approximate surface area is 87.3 Å². The van der Waals surface area contributed by atoms with Crippen molar-refractivity contribution in [1.82, 2.24) is 20.3 Å². The average Bonchev–Trinajstić information content (AvgIpc) is 2.66. The van der Waals surface area contributed by atoms with Crippen LogP contribution in [0, 0.1) is 12.3 Å². The van der Waals surface area contributed by atoms with E-state index in [-0.39, 0.29) is 11.7 Å². The summed E-state index contributed by atoms with van der Waals surface area (Å²) in [6, 6.07) is -0.00698. The maximum atomic E-state index is 10.5. The van der Waals surface area contributed by atoms with Gasteiger partial charge in [-0.25, -0.2) is 4.79 Å². The summed E-state index contributed by atoms with van der Waals surface area (Å²) in [4.78, 5) is 10.5. The summed E-state index contributed by atoms with van der Waals surface area (Å²) < 4.78 is 1.46. The summed E-state index contributed by atoms with van der Waals surface area (Å²) in [6.07, 6.45) is 6.55. The van der Waals surface area contributed by atoms with E-state index in [1.165, 1.54) is 10.9 Å². The lowest BCUT2D eigenvalue weighted by molar-refractivity contribution is 0.0690. The Morgan fingerprint density at radius 1 is 1.87 bits per heavy atom. The molecule has 0 saturated carbocycles. The minimum atomic E-state index is -1.08. The number of rotatable bonds is 5. The lowest BCUT2D eigenvalue weighted by Gasteiger charge is -2.06. The Balaban J connectivity index is 2.39. The fourth-order valence-corrected chi connectivity index (χ4v) is 0.960. The molecule has 0 aliphatic heterocycles. The molecule has 80 valence electrons. The fourth-order valence-electron chi connectivity index (χ4n) is 0.960. The molecule has 0 bridgehead atoms. The Morgan fingerprint density at radius 2 is 2.60 bits per heavy atom. The van der Waals surface area contributed by atoms with E-state index >= 15 is 0 Å². The summed E-state index contributed by atoms with van der Waals surface area (Å²) >= 11 is 0. The Morgan fingerprint density at radius 3 is 3.13 bits per heavy atom. The van der Waals surface area contributed by atoms with Crippen LogP contribution in [0.4, 0.5) is 0 Å². The number of nitrogens with one attached hydrogen (secondary N) is 1. The molecule has 0 radical (unpaired) electrons. The highest BCUT2D eigenvalue weighted by atomic mass is 16.4. The van der Waals surface area contributed by atoms with Crippen LogP contribution in [0.2, 0.25) is 0 Å². The SMILES string of the molecule is C#CC(C)NCCn1cc(C(=O)O)nn1. The van der Waals surface area contributed by atoms with Gasteiger partial charge in [-0.05, 0) is 6.92 Å². The quantitative estimate of drug-likeness (QED) is 0.643. The van der Waals surface area contributed by atoms with Crippen molar-refractivity contribution in [2.24, 2.45) is 0 Å². The number of carboxylic acid groups (broad SMARTS) is 1. The van der Waals surface area contributed by atoms with E-state index in [9.17, 15) is 4.79 Å². The summed E-state index contributed by atoms with van der Waals surface area (Å²) in [7, 11) is 0. The highest BCUT2D eigenvalue weighted by Crippen LogP contribution is 1.91. The van der Waals surface area contributed by atoms with Crippen molar-refractivity contribution in [2.45, 2.75) is 19.5 Å². The maximum Gasteiger partial charge on any atom is 0.358 e. The number of aromatic carboxylic acids is 1. The number of nitrogens with zero attached hydrogens (tertiary/aromatic N) is 3. The molecule has 1 rings (SSSR count). The van der Waals surface area contributed by atoms with Crippen LogP contribution in [0.1, 0.15) is 17.4 Å². The molecule has 0 spiro atoms. The van der Waals surface area contributed by atoms with Gasteiger partial charge in [0.2, 0.25) is 0 Å². The van der Waals surface area contributed by atoms with Gasteiger partial charge in [0, 0.05) is 6.54 Å². The smallest absolute Gasteiger partial charge is 0.358 e. The van der Waals surface area contributed by atoms with Gasteiger partial charge < -0.3 is 10.4 Å². The van der Waals surface area contributed by atoms with E-state index in [0.717, 1.165) is 0 Å². The summed E-state index contributed by atoms with van der Waals surface area (Å²) in [6.45, 7) is 3.02. The van der Waals surface area contributed by atoms with Crippen molar-refractivity contribution in [3.05, 3.63) is 11.9 Å². The first-order chi connectivity index (χ1) is 7.13. The van der Waals surface area contributed by atoms with Crippen molar-refractivity contribution in [3.8, 4) is 12.3 Å². The Hall–Kier alpha value is -1.87. The van der Waals surface area contributed by atoms with Crippen LogP contribution in [-0.2, 0) is 6.54 Å².